The Labute approximate surface area is 128 Å². The van der Waals surface area contributed by atoms with Crippen molar-refractivity contribution in [3.63, 3.8) is 0 Å². The highest BCUT2D eigenvalue weighted by molar-refractivity contribution is 7.09. The van der Waals surface area contributed by atoms with Gasteiger partial charge in [0.15, 0.2) is 0 Å². The van der Waals surface area contributed by atoms with E-state index in [1.807, 2.05) is 18.2 Å². The van der Waals surface area contributed by atoms with Gasteiger partial charge in [-0.05, 0) is 31.0 Å². The summed E-state index contributed by atoms with van der Waals surface area (Å²) in [6.45, 7) is 3.99. The van der Waals surface area contributed by atoms with Crippen LogP contribution in [0.5, 0.6) is 0 Å². The van der Waals surface area contributed by atoms with Crippen LogP contribution in [0.15, 0.2) is 24.3 Å². The third kappa shape index (κ3) is 2.68. The first-order chi connectivity index (χ1) is 10.3. The molecule has 1 saturated carbocycles. The molecule has 2 heterocycles. The Morgan fingerprint density at radius 3 is 2.57 bits per heavy atom. The number of hydrogen-bond donors (Lipinski definition) is 1. The minimum atomic E-state index is 0.642. The molecule has 5 nitrogen and oxygen atoms in total. The van der Waals surface area contributed by atoms with Crippen molar-refractivity contribution in [2.75, 3.05) is 41.7 Å². The number of nitrogens with zero attached hydrogens (tertiary/aromatic N) is 4. The zero-order valence-electron chi connectivity index (χ0n) is 11.9. The smallest absolute Gasteiger partial charge is 0.205 e. The number of benzene rings is 1. The highest BCUT2D eigenvalue weighted by atomic mass is 32.1. The fourth-order valence-corrected chi connectivity index (χ4v) is 3.54. The molecule has 21 heavy (non-hydrogen) atoms. The second-order valence-electron chi connectivity index (χ2n) is 5.78. The Morgan fingerprint density at radius 1 is 1.10 bits per heavy atom. The average Bonchev–Trinajstić information content (AvgIpc) is 3.25. The highest BCUT2D eigenvalue weighted by Gasteiger charge is 2.29. The number of aromatic nitrogens is 2. The van der Waals surface area contributed by atoms with Gasteiger partial charge >= 0.3 is 0 Å². The summed E-state index contributed by atoms with van der Waals surface area (Å²) >= 11 is 1.55. The van der Waals surface area contributed by atoms with Gasteiger partial charge in [0.2, 0.25) is 5.13 Å². The van der Waals surface area contributed by atoms with E-state index < -0.39 is 0 Å². The van der Waals surface area contributed by atoms with Crippen molar-refractivity contribution >= 4 is 28.0 Å². The van der Waals surface area contributed by atoms with Gasteiger partial charge in [0.05, 0.1) is 0 Å². The summed E-state index contributed by atoms with van der Waals surface area (Å²) < 4.78 is 4.50. The van der Waals surface area contributed by atoms with E-state index in [9.17, 15) is 0 Å². The third-order valence-electron chi connectivity index (χ3n) is 4.16. The van der Waals surface area contributed by atoms with Crippen molar-refractivity contribution in [1.29, 1.82) is 0 Å². The van der Waals surface area contributed by atoms with Gasteiger partial charge in [0, 0.05) is 55.0 Å². The molecular weight excluding hydrogens is 282 g/mol. The molecule has 2 N–H and O–H groups in total. The van der Waals surface area contributed by atoms with Gasteiger partial charge in [-0.25, -0.2) is 4.98 Å². The van der Waals surface area contributed by atoms with Crippen molar-refractivity contribution in [1.82, 2.24) is 9.36 Å². The van der Waals surface area contributed by atoms with Crippen molar-refractivity contribution in [3.05, 3.63) is 30.1 Å². The molecular formula is C15H19N5S. The summed E-state index contributed by atoms with van der Waals surface area (Å²) in [5, 5.41) is 1.09. The second-order valence-corrected chi connectivity index (χ2v) is 6.51. The molecule has 0 atom stereocenters. The van der Waals surface area contributed by atoms with Gasteiger partial charge < -0.3 is 15.5 Å². The Morgan fingerprint density at radius 2 is 1.86 bits per heavy atom. The van der Waals surface area contributed by atoms with Gasteiger partial charge in [-0.1, -0.05) is 6.07 Å². The monoisotopic (exact) mass is 301 g/mol. The number of hydrogen-bond acceptors (Lipinski definition) is 6. The molecule has 0 amide bonds. The molecule has 2 aliphatic rings. The van der Waals surface area contributed by atoms with Crippen LogP contribution >= 0.6 is 11.5 Å². The van der Waals surface area contributed by atoms with Gasteiger partial charge in [-0.3, -0.25) is 0 Å². The van der Waals surface area contributed by atoms with Gasteiger partial charge in [-0.15, -0.1) is 0 Å². The number of piperazine rings is 1. The maximum Gasteiger partial charge on any atom is 0.205 e. The van der Waals surface area contributed by atoms with E-state index in [-0.39, 0.29) is 0 Å². The summed E-state index contributed by atoms with van der Waals surface area (Å²) in [5.41, 5.74) is 7.91. The maximum atomic E-state index is 5.87. The molecule has 110 valence electrons. The van der Waals surface area contributed by atoms with Crippen LogP contribution in [0.1, 0.15) is 24.6 Å². The summed E-state index contributed by atoms with van der Waals surface area (Å²) in [4.78, 5) is 9.44. The lowest BCUT2D eigenvalue weighted by atomic mass is 10.2. The van der Waals surface area contributed by atoms with Crippen LogP contribution in [0.2, 0.25) is 0 Å². The van der Waals surface area contributed by atoms with Crippen LogP contribution in [0.25, 0.3) is 0 Å². The lowest BCUT2D eigenvalue weighted by molar-refractivity contribution is 0.651. The molecule has 4 rings (SSSR count). The number of anilines is 3. The van der Waals surface area contributed by atoms with Crippen LogP contribution in [-0.4, -0.2) is 35.5 Å². The van der Waals surface area contributed by atoms with E-state index in [0.29, 0.717) is 5.92 Å². The van der Waals surface area contributed by atoms with Crippen molar-refractivity contribution in [3.8, 4) is 0 Å². The fourth-order valence-electron chi connectivity index (χ4n) is 2.74. The zero-order chi connectivity index (χ0) is 14.2. The van der Waals surface area contributed by atoms with Crippen LogP contribution in [0.3, 0.4) is 0 Å². The van der Waals surface area contributed by atoms with E-state index in [4.69, 9.17) is 10.7 Å². The average molecular weight is 301 g/mol. The molecule has 2 fully saturated rings. The molecule has 1 aliphatic heterocycles. The summed E-state index contributed by atoms with van der Waals surface area (Å²) in [6, 6.07) is 8.12. The number of rotatable bonds is 3. The van der Waals surface area contributed by atoms with E-state index in [2.05, 4.69) is 20.2 Å². The second kappa shape index (κ2) is 5.18. The molecule has 1 aliphatic carbocycles. The molecule has 0 unspecified atom stereocenters. The molecule has 2 aromatic rings. The number of nitrogen functional groups attached to an aromatic ring is 1. The summed E-state index contributed by atoms with van der Waals surface area (Å²) in [7, 11) is 0. The maximum absolute atomic E-state index is 5.87. The van der Waals surface area contributed by atoms with Gasteiger partial charge in [0.25, 0.3) is 0 Å². The minimum absolute atomic E-state index is 0.642. The predicted octanol–water partition coefficient (Wildman–Crippen LogP) is 2.32. The molecule has 0 spiro atoms. The summed E-state index contributed by atoms with van der Waals surface area (Å²) in [6.07, 6.45) is 2.53. The van der Waals surface area contributed by atoms with Crippen molar-refractivity contribution < 1.29 is 0 Å². The van der Waals surface area contributed by atoms with E-state index >= 15 is 0 Å². The lowest BCUT2D eigenvalue weighted by Gasteiger charge is -2.35. The normalized spacial score (nSPS) is 19.0. The Hall–Kier alpha value is -1.82. The molecule has 1 aromatic heterocycles. The van der Waals surface area contributed by atoms with E-state index in [1.165, 1.54) is 18.5 Å². The topological polar surface area (TPSA) is 58.3 Å². The molecule has 0 bridgehead atoms. The zero-order valence-corrected chi connectivity index (χ0v) is 12.7. The standard InChI is InChI=1S/C15H19N5S/c16-12-2-1-3-13(10-12)19-6-8-20(9-7-19)15-17-14(18-21-15)11-4-5-11/h1-3,10-11H,4-9,16H2. The SMILES string of the molecule is Nc1cccc(N2CCN(c3nc(C4CC4)ns3)CC2)c1. The molecule has 6 heteroatoms. The first-order valence-electron chi connectivity index (χ1n) is 7.48. The Bertz CT molecular complexity index is 628. The van der Waals surface area contributed by atoms with Crippen LogP contribution < -0.4 is 15.5 Å². The Kier molecular flexibility index (Phi) is 3.18. The first kappa shape index (κ1) is 12.9. The predicted molar refractivity (Wildman–Crippen MR) is 87.2 cm³/mol. The van der Waals surface area contributed by atoms with Gasteiger partial charge in [0.1, 0.15) is 5.82 Å². The molecule has 1 saturated heterocycles. The first-order valence-corrected chi connectivity index (χ1v) is 8.26. The number of nitrogens with two attached hydrogens (primary N) is 1. The third-order valence-corrected chi connectivity index (χ3v) is 4.95. The lowest BCUT2D eigenvalue weighted by Crippen LogP contribution is -2.46. The molecule has 1 aromatic carbocycles. The van der Waals surface area contributed by atoms with E-state index in [1.54, 1.807) is 11.5 Å². The van der Waals surface area contributed by atoms with Crippen LogP contribution in [0.4, 0.5) is 16.5 Å². The Balaban J connectivity index is 1.41. The van der Waals surface area contributed by atoms with Crippen LogP contribution in [0, 0.1) is 0 Å². The van der Waals surface area contributed by atoms with E-state index in [0.717, 1.165) is 42.8 Å². The molecule has 0 radical (unpaired) electrons. The highest BCUT2D eigenvalue weighted by Crippen LogP contribution is 2.39. The van der Waals surface area contributed by atoms with Crippen LogP contribution in [-0.2, 0) is 0 Å². The minimum Gasteiger partial charge on any atom is -0.399 e. The van der Waals surface area contributed by atoms with Crippen molar-refractivity contribution in [2.45, 2.75) is 18.8 Å². The van der Waals surface area contributed by atoms with Gasteiger partial charge in [-0.2, -0.15) is 4.37 Å². The van der Waals surface area contributed by atoms with Crippen molar-refractivity contribution in [2.24, 2.45) is 0 Å². The fraction of sp³-hybridized carbons (Fsp3) is 0.467. The largest absolute Gasteiger partial charge is 0.399 e. The quantitative estimate of drug-likeness (QED) is 0.882. The summed E-state index contributed by atoms with van der Waals surface area (Å²) in [5.74, 6) is 1.71.